The Morgan fingerprint density at radius 1 is 1.15 bits per heavy atom. The fourth-order valence-corrected chi connectivity index (χ4v) is 2.23. The summed E-state index contributed by atoms with van der Waals surface area (Å²) in [5.41, 5.74) is -0.0185. The van der Waals surface area contributed by atoms with E-state index in [1.807, 2.05) is 0 Å². The molecule has 0 saturated carbocycles. The number of hydrogen-bond acceptors (Lipinski definition) is 4. The summed E-state index contributed by atoms with van der Waals surface area (Å²) in [4.78, 5) is 23.4. The first kappa shape index (κ1) is 19.6. The molecule has 0 spiro atoms. The number of anilines is 1. The van der Waals surface area contributed by atoms with Crippen molar-refractivity contribution in [3.8, 4) is 11.5 Å². The number of carbonyl (C=O) groups is 2. The maximum atomic E-state index is 12.3. The normalized spacial score (nSPS) is 10.9. The number of benzene rings is 2. The van der Waals surface area contributed by atoms with Gasteiger partial charge in [-0.1, -0.05) is 11.6 Å². The highest BCUT2D eigenvalue weighted by Crippen LogP contribution is 2.27. The van der Waals surface area contributed by atoms with Gasteiger partial charge in [0.25, 0.3) is 5.91 Å². The monoisotopic (exact) mass is 377 g/mol. The van der Waals surface area contributed by atoms with Crippen LogP contribution in [0.5, 0.6) is 11.5 Å². The van der Waals surface area contributed by atoms with Gasteiger partial charge in [0.1, 0.15) is 18.1 Å². The lowest BCUT2D eigenvalue weighted by molar-refractivity contribution is -0.148. The van der Waals surface area contributed by atoms with Gasteiger partial charge in [-0.05, 0) is 56.3 Å². The van der Waals surface area contributed by atoms with Gasteiger partial charge in [0, 0.05) is 11.3 Å². The molecular formula is C19H20ClNO5. The van der Waals surface area contributed by atoms with Crippen molar-refractivity contribution in [2.75, 3.05) is 19.0 Å². The number of amides is 1. The zero-order valence-electron chi connectivity index (χ0n) is 14.7. The molecule has 2 N–H and O–H groups in total. The van der Waals surface area contributed by atoms with Gasteiger partial charge in [-0.25, -0.2) is 0 Å². The average molecular weight is 378 g/mol. The molecule has 0 heterocycles. The molecule has 0 bridgehead atoms. The summed E-state index contributed by atoms with van der Waals surface area (Å²) in [6.45, 7) is 3.19. The Morgan fingerprint density at radius 2 is 1.81 bits per heavy atom. The van der Waals surface area contributed by atoms with Gasteiger partial charge in [0.15, 0.2) is 0 Å². The van der Waals surface area contributed by atoms with Crippen LogP contribution in [0.15, 0.2) is 42.5 Å². The highest BCUT2D eigenvalue weighted by molar-refractivity contribution is 6.32. The molecule has 0 aliphatic rings. The lowest BCUT2D eigenvalue weighted by Crippen LogP contribution is -2.30. The van der Waals surface area contributed by atoms with E-state index in [1.54, 1.807) is 56.3 Å². The Hall–Kier alpha value is -2.73. The molecule has 0 aromatic heterocycles. The minimum Gasteiger partial charge on any atom is -0.495 e. The fourth-order valence-electron chi connectivity index (χ4n) is 1.98. The Bertz CT molecular complexity index is 802. The fraction of sp³-hybridized carbons (Fsp3) is 0.263. The Balaban J connectivity index is 2.00. The number of methoxy groups -OCH3 is 1. The van der Waals surface area contributed by atoms with Crippen molar-refractivity contribution in [3.05, 3.63) is 53.1 Å². The smallest absolute Gasteiger partial charge is 0.312 e. The standard InChI is InChI=1S/C19H20ClNO5/c1-19(2,18(23)24)11-26-14-7-4-12(5-8-14)17(22)21-13-6-9-16(25-3)15(20)10-13/h4-10H,11H2,1-3H3,(H,21,22)(H,23,24). The first-order chi connectivity index (χ1) is 12.2. The maximum Gasteiger partial charge on any atom is 0.312 e. The molecule has 0 radical (unpaired) electrons. The minimum absolute atomic E-state index is 0.0260. The van der Waals surface area contributed by atoms with Gasteiger partial charge >= 0.3 is 5.97 Å². The third-order valence-corrected chi connectivity index (χ3v) is 4.00. The van der Waals surface area contributed by atoms with Crippen LogP contribution in [0.2, 0.25) is 5.02 Å². The first-order valence-corrected chi connectivity index (χ1v) is 8.22. The summed E-state index contributed by atoms with van der Waals surface area (Å²) in [5, 5.41) is 12.2. The number of halogens is 1. The van der Waals surface area contributed by atoms with Crippen molar-refractivity contribution < 1.29 is 24.2 Å². The lowest BCUT2D eigenvalue weighted by atomic mass is 9.95. The van der Waals surface area contributed by atoms with E-state index in [-0.39, 0.29) is 12.5 Å². The Morgan fingerprint density at radius 3 is 2.35 bits per heavy atom. The van der Waals surface area contributed by atoms with Gasteiger partial charge in [0.2, 0.25) is 0 Å². The van der Waals surface area contributed by atoms with Crippen molar-refractivity contribution in [2.45, 2.75) is 13.8 Å². The van der Waals surface area contributed by atoms with Crippen LogP contribution in [-0.2, 0) is 4.79 Å². The van der Waals surface area contributed by atoms with Crippen LogP contribution in [0.3, 0.4) is 0 Å². The SMILES string of the molecule is COc1ccc(NC(=O)c2ccc(OCC(C)(C)C(=O)O)cc2)cc1Cl. The summed E-state index contributed by atoms with van der Waals surface area (Å²) < 4.78 is 10.6. The molecule has 1 amide bonds. The molecular weight excluding hydrogens is 358 g/mol. The number of ether oxygens (including phenoxy) is 2. The Kier molecular flexibility index (Phi) is 6.10. The number of carboxylic acid groups (broad SMARTS) is 1. The molecule has 0 unspecified atom stereocenters. The summed E-state index contributed by atoms with van der Waals surface area (Å²) >= 11 is 6.04. The summed E-state index contributed by atoms with van der Waals surface area (Å²) in [5.74, 6) is -0.228. The predicted octanol–water partition coefficient (Wildman–Crippen LogP) is 4.09. The molecule has 2 rings (SSSR count). The van der Waals surface area contributed by atoms with E-state index in [9.17, 15) is 9.59 Å². The molecule has 138 valence electrons. The Labute approximate surface area is 156 Å². The van der Waals surface area contributed by atoms with Crippen LogP contribution >= 0.6 is 11.6 Å². The molecule has 0 aliphatic heterocycles. The summed E-state index contributed by atoms with van der Waals surface area (Å²) in [6, 6.07) is 11.4. The zero-order chi connectivity index (χ0) is 19.3. The number of aliphatic carboxylic acids is 1. The van der Waals surface area contributed by atoms with Gasteiger partial charge in [-0.2, -0.15) is 0 Å². The van der Waals surface area contributed by atoms with E-state index in [2.05, 4.69) is 5.32 Å². The molecule has 0 fully saturated rings. The van der Waals surface area contributed by atoms with Crippen molar-refractivity contribution in [1.82, 2.24) is 0 Å². The van der Waals surface area contributed by atoms with Crippen LogP contribution in [0.1, 0.15) is 24.2 Å². The molecule has 2 aromatic rings. The number of hydrogen-bond donors (Lipinski definition) is 2. The third kappa shape index (κ3) is 4.89. The zero-order valence-corrected chi connectivity index (χ0v) is 15.5. The average Bonchev–Trinajstić information content (AvgIpc) is 2.60. The molecule has 0 atom stereocenters. The van der Waals surface area contributed by atoms with Crippen molar-refractivity contribution >= 4 is 29.2 Å². The van der Waals surface area contributed by atoms with E-state index in [0.29, 0.717) is 27.8 Å². The van der Waals surface area contributed by atoms with Crippen LogP contribution in [0.4, 0.5) is 5.69 Å². The van der Waals surface area contributed by atoms with Crippen LogP contribution in [0.25, 0.3) is 0 Å². The highest BCUT2D eigenvalue weighted by Gasteiger charge is 2.28. The maximum absolute atomic E-state index is 12.3. The second kappa shape index (κ2) is 8.10. The topological polar surface area (TPSA) is 84.9 Å². The van der Waals surface area contributed by atoms with Crippen LogP contribution in [0, 0.1) is 5.41 Å². The summed E-state index contributed by atoms with van der Waals surface area (Å²) in [6.07, 6.45) is 0. The molecule has 26 heavy (non-hydrogen) atoms. The molecule has 2 aromatic carbocycles. The van der Waals surface area contributed by atoms with E-state index >= 15 is 0 Å². The number of nitrogens with one attached hydrogen (secondary N) is 1. The van der Waals surface area contributed by atoms with Gasteiger partial charge in [-0.15, -0.1) is 0 Å². The van der Waals surface area contributed by atoms with Crippen molar-refractivity contribution in [1.29, 1.82) is 0 Å². The largest absolute Gasteiger partial charge is 0.495 e. The van der Waals surface area contributed by atoms with E-state index in [1.165, 1.54) is 7.11 Å². The van der Waals surface area contributed by atoms with Crippen molar-refractivity contribution in [3.63, 3.8) is 0 Å². The number of carboxylic acids is 1. The molecule has 0 saturated heterocycles. The molecule has 6 nitrogen and oxygen atoms in total. The highest BCUT2D eigenvalue weighted by atomic mass is 35.5. The third-order valence-electron chi connectivity index (χ3n) is 3.70. The van der Waals surface area contributed by atoms with Crippen LogP contribution in [-0.4, -0.2) is 30.7 Å². The minimum atomic E-state index is -0.996. The van der Waals surface area contributed by atoms with E-state index in [0.717, 1.165) is 0 Å². The predicted molar refractivity (Wildman–Crippen MR) is 99.3 cm³/mol. The van der Waals surface area contributed by atoms with Gasteiger partial charge in [0.05, 0.1) is 17.5 Å². The van der Waals surface area contributed by atoms with Crippen LogP contribution < -0.4 is 14.8 Å². The van der Waals surface area contributed by atoms with Crippen molar-refractivity contribution in [2.24, 2.45) is 5.41 Å². The summed E-state index contributed by atoms with van der Waals surface area (Å²) in [7, 11) is 1.51. The second-order valence-electron chi connectivity index (χ2n) is 6.31. The van der Waals surface area contributed by atoms with E-state index in [4.69, 9.17) is 26.2 Å². The quantitative estimate of drug-likeness (QED) is 0.759. The molecule has 7 heteroatoms. The lowest BCUT2D eigenvalue weighted by Gasteiger charge is -2.19. The molecule has 0 aliphatic carbocycles. The second-order valence-corrected chi connectivity index (χ2v) is 6.71. The number of rotatable bonds is 7. The first-order valence-electron chi connectivity index (χ1n) is 7.84. The number of carbonyl (C=O) groups excluding carboxylic acids is 1. The van der Waals surface area contributed by atoms with Gasteiger partial charge in [-0.3, -0.25) is 9.59 Å². The van der Waals surface area contributed by atoms with Gasteiger partial charge < -0.3 is 19.9 Å². The van der Waals surface area contributed by atoms with E-state index < -0.39 is 11.4 Å².